The molecule has 2 N–H and O–H groups in total. The van der Waals surface area contributed by atoms with Crippen LogP contribution in [0.3, 0.4) is 0 Å². The van der Waals surface area contributed by atoms with E-state index in [1.54, 1.807) is 12.4 Å². The van der Waals surface area contributed by atoms with Gasteiger partial charge in [-0.3, -0.25) is 9.78 Å². The van der Waals surface area contributed by atoms with Gasteiger partial charge in [-0.25, -0.2) is 0 Å². The topological polar surface area (TPSA) is 57.3 Å². The number of hydrogen-bond donors (Lipinski definition) is 2. The Morgan fingerprint density at radius 1 is 1.43 bits per heavy atom. The number of pyridine rings is 1. The molecule has 1 saturated heterocycles. The van der Waals surface area contributed by atoms with E-state index in [2.05, 4.69) is 34.4 Å². The second kappa shape index (κ2) is 7.98. The SMILES string of the molecule is CCCNc1ccncc1C(=O)NC(C)CN1CCCC1. The van der Waals surface area contributed by atoms with Crippen molar-refractivity contribution in [2.24, 2.45) is 0 Å². The fourth-order valence-electron chi connectivity index (χ4n) is 2.69. The lowest BCUT2D eigenvalue weighted by Crippen LogP contribution is -2.41. The van der Waals surface area contributed by atoms with Crippen LogP contribution in [0.5, 0.6) is 0 Å². The Labute approximate surface area is 127 Å². The molecule has 0 radical (unpaired) electrons. The number of likely N-dealkylation sites (tertiary alicyclic amines) is 1. The number of rotatable bonds is 7. The molecule has 1 atom stereocenters. The maximum atomic E-state index is 12.4. The summed E-state index contributed by atoms with van der Waals surface area (Å²) >= 11 is 0. The van der Waals surface area contributed by atoms with Gasteiger partial charge in [0, 0.05) is 31.5 Å². The Bertz CT molecular complexity index is 457. The number of nitrogens with one attached hydrogen (secondary N) is 2. The lowest BCUT2D eigenvalue weighted by atomic mass is 10.2. The van der Waals surface area contributed by atoms with E-state index in [-0.39, 0.29) is 11.9 Å². The minimum absolute atomic E-state index is 0.0478. The molecule has 116 valence electrons. The summed E-state index contributed by atoms with van der Waals surface area (Å²) in [5, 5.41) is 6.36. The van der Waals surface area contributed by atoms with E-state index in [1.165, 1.54) is 12.8 Å². The van der Waals surface area contributed by atoms with Gasteiger partial charge in [0.1, 0.15) is 0 Å². The van der Waals surface area contributed by atoms with E-state index in [0.717, 1.165) is 38.3 Å². The third-order valence-electron chi connectivity index (χ3n) is 3.74. The minimum Gasteiger partial charge on any atom is -0.384 e. The van der Waals surface area contributed by atoms with Gasteiger partial charge in [-0.05, 0) is 45.3 Å². The predicted molar refractivity (Wildman–Crippen MR) is 85.6 cm³/mol. The largest absolute Gasteiger partial charge is 0.384 e. The van der Waals surface area contributed by atoms with E-state index >= 15 is 0 Å². The summed E-state index contributed by atoms with van der Waals surface area (Å²) in [6.45, 7) is 8.24. The van der Waals surface area contributed by atoms with Crippen molar-refractivity contribution in [2.45, 2.75) is 39.2 Å². The van der Waals surface area contributed by atoms with Crippen molar-refractivity contribution < 1.29 is 4.79 Å². The molecule has 2 rings (SSSR count). The fraction of sp³-hybridized carbons (Fsp3) is 0.625. The molecular formula is C16H26N4O. The summed E-state index contributed by atoms with van der Waals surface area (Å²) in [4.78, 5) is 18.9. The Kier molecular flexibility index (Phi) is 5.99. The molecule has 0 aliphatic carbocycles. The minimum atomic E-state index is -0.0478. The molecule has 1 aromatic rings. The number of carbonyl (C=O) groups is 1. The van der Waals surface area contributed by atoms with Crippen LogP contribution in [0.25, 0.3) is 0 Å². The van der Waals surface area contributed by atoms with E-state index in [1.807, 2.05) is 6.07 Å². The molecule has 5 nitrogen and oxygen atoms in total. The Morgan fingerprint density at radius 2 is 2.19 bits per heavy atom. The highest BCUT2D eigenvalue weighted by Gasteiger charge is 2.18. The average Bonchev–Trinajstić information content (AvgIpc) is 2.98. The molecular weight excluding hydrogens is 264 g/mol. The summed E-state index contributed by atoms with van der Waals surface area (Å²) in [7, 11) is 0. The third-order valence-corrected chi connectivity index (χ3v) is 3.74. The van der Waals surface area contributed by atoms with Crippen molar-refractivity contribution in [1.82, 2.24) is 15.2 Å². The van der Waals surface area contributed by atoms with Crippen molar-refractivity contribution in [3.8, 4) is 0 Å². The van der Waals surface area contributed by atoms with Crippen molar-refractivity contribution in [3.05, 3.63) is 24.0 Å². The van der Waals surface area contributed by atoms with E-state index in [9.17, 15) is 4.79 Å². The highest BCUT2D eigenvalue weighted by Crippen LogP contribution is 2.14. The average molecular weight is 290 g/mol. The molecule has 1 amide bonds. The van der Waals surface area contributed by atoms with Gasteiger partial charge in [0.05, 0.1) is 11.3 Å². The normalized spacial score (nSPS) is 16.7. The molecule has 1 aliphatic rings. The predicted octanol–water partition coefficient (Wildman–Crippen LogP) is 2.12. The van der Waals surface area contributed by atoms with E-state index < -0.39 is 0 Å². The van der Waals surface area contributed by atoms with Crippen LogP contribution in [0.15, 0.2) is 18.5 Å². The molecule has 1 fully saturated rings. The maximum Gasteiger partial charge on any atom is 0.255 e. The quantitative estimate of drug-likeness (QED) is 0.807. The first kappa shape index (κ1) is 15.8. The highest BCUT2D eigenvalue weighted by atomic mass is 16.1. The van der Waals surface area contributed by atoms with E-state index in [4.69, 9.17) is 0 Å². The van der Waals surface area contributed by atoms with Crippen molar-refractivity contribution in [3.63, 3.8) is 0 Å². The van der Waals surface area contributed by atoms with Crippen LogP contribution in [0, 0.1) is 0 Å². The molecule has 0 saturated carbocycles. The highest BCUT2D eigenvalue weighted by molar-refractivity contribution is 5.99. The number of aromatic nitrogens is 1. The number of amides is 1. The van der Waals surface area contributed by atoms with Crippen LogP contribution in [0.2, 0.25) is 0 Å². The second-order valence-corrected chi connectivity index (χ2v) is 5.73. The van der Waals surface area contributed by atoms with Gasteiger partial charge in [0.15, 0.2) is 0 Å². The van der Waals surface area contributed by atoms with Crippen LogP contribution >= 0.6 is 0 Å². The molecule has 1 unspecified atom stereocenters. The molecule has 0 bridgehead atoms. The Hall–Kier alpha value is -1.62. The van der Waals surface area contributed by atoms with Crippen LogP contribution in [0.4, 0.5) is 5.69 Å². The summed E-state index contributed by atoms with van der Waals surface area (Å²) in [6, 6.07) is 2.00. The van der Waals surface area contributed by atoms with Gasteiger partial charge in [0.25, 0.3) is 5.91 Å². The van der Waals surface area contributed by atoms with Gasteiger partial charge in [-0.2, -0.15) is 0 Å². The van der Waals surface area contributed by atoms with Crippen molar-refractivity contribution in [2.75, 3.05) is 31.5 Å². The molecule has 1 aliphatic heterocycles. The summed E-state index contributed by atoms with van der Waals surface area (Å²) < 4.78 is 0. The van der Waals surface area contributed by atoms with Gasteiger partial charge in [-0.15, -0.1) is 0 Å². The molecule has 5 heteroatoms. The van der Waals surface area contributed by atoms with Crippen LogP contribution < -0.4 is 10.6 Å². The van der Waals surface area contributed by atoms with Crippen LogP contribution in [-0.2, 0) is 0 Å². The number of hydrogen-bond acceptors (Lipinski definition) is 4. The van der Waals surface area contributed by atoms with Crippen LogP contribution in [0.1, 0.15) is 43.5 Å². The first-order chi connectivity index (χ1) is 10.2. The zero-order valence-electron chi connectivity index (χ0n) is 13.1. The zero-order chi connectivity index (χ0) is 15.1. The lowest BCUT2D eigenvalue weighted by molar-refractivity contribution is 0.0932. The summed E-state index contributed by atoms with van der Waals surface area (Å²) in [5.74, 6) is -0.0478. The zero-order valence-corrected chi connectivity index (χ0v) is 13.1. The van der Waals surface area contributed by atoms with E-state index in [0.29, 0.717) is 5.56 Å². The molecule has 0 aromatic carbocycles. The van der Waals surface area contributed by atoms with Crippen LogP contribution in [-0.4, -0.2) is 48.0 Å². The first-order valence-electron chi connectivity index (χ1n) is 7.91. The standard InChI is InChI=1S/C16H26N4O/c1-3-7-18-15-6-8-17-11-14(15)16(21)19-13(2)12-20-9-4-5-10-20/h6,8,11,13H,3-5,7,9-10,12H2,1-2H3,(H,17,18)(H,19,21). The monoisotopic (exact) mass is 290 g/mol. The Morgan fingerprint density at radius 3 is 2.90 bits per heavy atom. The van der Waals surface area contributed by atoms with Gasteiger partial charge in [-0.1, -0.05) is 6.92 Å². The smallest absolute Gasteiger partial charge is 0.255 e. The summed E-state index contributed by atoms with van der Waals surface area (Å²) in [5.41, 5.74) is 1.48. The van der Waals surface area contributed by atoms with Gasteiger partial charge < -0.3 is 15.5 Å². The molecule has 1 aromatic heterocycles. The van der Waals surface area contributed by atoms with Gasteiger partial charge in [0.2, 0.25) is 0 Å². The molecule has 0 spiro atoms. The Balaban J connectivity index is 1.92. The van der Waals surface area contributed by atoms with Gasteiger partial charge >= 0.3 is 0 Å². The molecule has 21 heavy (non-hydrogen) atoms. The second-order valence-electron chi connectivity index (χ2n) is 5.73. The number of anilines is 1. The van der Waals surface area contributed by atoms with Crippen molar-refractivity contribution in [1.29, 1.82) is 0 Å². The lowest BCUT2D eigenvalue weighted by Gasteiger charge is -2.21. The number of nitrogens with zero attached hydrogens (tertiary/aromatic N) is 2. The fourth-order valence-corrected chi connectivity index (χ4v) is 2.69. The van der Waals surface area contributed by atoms with Crippen molar-refractivity contribution >= 4 is 11.6 Å². The third kappa shape index (κ3) is 4.70. The maximum absolute atomic E-state index is 12.4. The first-order valence-corrected chi connectivity index (χ1v) is 7.91. The molecule has 2 heterocycles. The number of carbonyl (C=O) groups excluding carboxylic acids is 1. The summed E-state index contributed by atoms with van der Waals surface area (Å²) in [6.07, 6.45) is 6.91.